The molecule has 2 N–H and O–H groups in total. The van der Waals surface area contributed by atoms with E-state index in [1.807, 2.05) is 0 Å². The SMILES string of the molecule is Cc1cc(Nc2cc(F)c(=O)n(C)c2)c(C=N)cc1C1CN(S(=O)(=O)c2cnn(C)n2)CCN1CCC(F)(F)F. The topological polar surface area (TPSA) is 129 Å². The lowest BCUT2D eigenvalue weighted by Crippen LogP contribution is -2.51. The van der Waals surface area contributed by atoms with Crippen LogP contribution in [0.1, 0.15) is 29.2 Å². The van der Waals surface area contributed by atoms with Crippen LogP contribution in [0, 0.1) is 18.2 Å². The van der Waals surface area contributed by atoms with E-state index < -0.39 is 40.0 Å². The molecule has 1 aromatic carbocycles. The Bertz CT molecular complexity index is 1560. The quantitative estimate of drug-likeness (QED) is 0.308. The van der Waals surface area contributed by atoms with Gasteiger partial charge < -0.3 is 15.3 Å². The van der Waals surface area contributed by atoms with Crippen LogP contribution in [0.2, 0.25) is 0 Å². The highest BCUT2D eigenvalue weighted by molar-refractivity contribution is 7.89. The highest BCUT2D eigenvalue weighted by Crippen LogP contribution is 2.35. The molecule has 1 saturated heterocycles. The number of aryl methyl sites for hydroxylation is 3. The van der Waals surface area contributed by atoms with Crippen LogP contribution in [0.15, 0.2) is 40.4 Å². The van der Waals surface area contributed by atoms with Gasteiger partial charge >= 0.3 is 6.18 Å². The van der Waals surface area contributed by atoms with Crippen molar-refractivity contribution in [1.82, 2.24) is 28.8 Å². The molecule has 216 valence electrons. The molecule has 11 nitrogen and oxygen atoms in total. The van der Waals surface area contributed by atoms with Crippen LogP contribution in [0.3, 0.4) is 0 Å². The van der Waals surface area contributed by atoms with Crippen molar-refractivity contribution < 1.29 is 26.0 Å². The van der Waals surface area contributed by atoms with Crippen LogP contribution < -0.4 is 10.9 Å². The number of nitrogens with one attached hydrogen (secondary N) is 2. The molecule has 2 aromatic heterocycles. The molecule has 0 aliphatic carbocycles. The number of aromatic nitrogens is 4. The van der Waals surface area contributed by atoms with Crippen molar-refractivity contribution in [3.05, 3.63) is 63.5 Å². The van der Waals surface area contributed by atoms with Crippen molar-refractivity contribution in [1.29, 1.82) is 5.41 Å². The molecular weight excluding hydrogens is 556 g/mol. The van der Waals surface area contributed by atoms with Crippen molar-refractivity contribution in [2.45, 2.75) is 30.6 Å². The third kappa shape index (κ3) is 6.23. The fourth-order valence-corrected chi connectivity index (χ4v) is 5.97. The van der Waals surface area contributed by atoms with Crippen LogP contribution in [0.25, 0.3) is 0 Å². The molecule has 0 radical (unpaired) electrons. The Hall–Kier alpha value is -3.63. The summed E-state index contributed by atoms with van der Waals surface area (Å²) >= 11 is 0. The minimum atomic E-state index is -4.40. The Morgan fingerprint density at radius 2 is 1.93 bits per heavy atom. The van der Waals surface area contributed by atoms with Crippen LogP contribution in [0.5, 0.6) is 0 Å². The summed E-state index contributed by atoms with van der Waals surface area (Å²) in [7, 11) is -1.21. The lowest BCUT2D eigenvalue weighted by molar-refractivity contribution is -0.140. The number of rotatable bonds is 8. The predicted octanol–water partition coefficient (Wildman–Crippen LogP) is 2.70. The summed E-state index contributed by atoms with van der Waals surface area (Å²) in [5, 5.41) is 18.3. The smallest absolute Gasteiger partial charge is 0.354 e. The van der Waals surface area contributed by atoms with Crippen molar-refractivity contribution in [3.63, 3.8) is 0 Å². The van der Waals surface area contributed by atoms with Gasteiger partial charge in [0, 0.05) is 76.0 Å². The molecule has 1 aliphatic heterocycles. The number of anilines is 2. The first kappa shape index (κ1) is 29.4. The van der Waals surface area contributed by atoms with Crippen molar-refractivity contribution >= 4 is 27.6 Å². The highest BCUT2D eigenvalue weighted by atomic mass is 32.2. The zero-order valence-electron chi connectivity index (χ0n) is 21.9. The van der Waals surface area contributed by atoms with E-state index in [4.69, 9.17) is 5.41 Å². The molecule has 4 rings (SSSR count). The van der Waals surface area contributed by atoms with Crippen molar-refractivity contribution in [2.75, 3.05) is 31.5 Å². The normalized spacial score (nSPS) is 17.2. The van der Waals surface area contributed by atoms with Gasteiger partial charge in [-0.1, -0.05) is 0 Å². The molecule has 1 unspecified atom stereocenters. The molecule has 1 aliphatic rings. The van der Waals surface area contributed by atoms with Crippen molar-refractivity contribution in [2.24, 2.45) is 14.1 Å². The molecule has 1 fully saturated rings. The monoisotopic (exact) mass is 584 g/mol. The molecule has 1 atom stereocenters. The van der Waals surface area contributed by atoms with Crippen LogP contribution in [0.4, 0.5) is 28.9 Å². The third-order valence-electron chi connectivity index (χ3n) is 6.69. The predicted molar refractivity (Wildman–Crippen MR) is 139 cm³/mol. The summed E-state index contributed by atoms with van der Waals surface area (Å²) < 4.78 is 82.2. The molecule has 40 heavy (non-hydrogen) atoms. The molecule has 0 bridgehead atoms. The van der Waals surface area contributed by atoms with E-state index in [-0.39, 0.29) is 36.9 Å². The Morgan fingerprint density at radius 3 is 2.52 bits per heavy atom. The highest BCUT2D eigenvalue weighted by Gasteiger charge is 2.38. The Kier molecular flexibility index (Phi) is 8.14. The van der Waals surface area contributed by atoms with Crippen LogP contribution >= 0.6 is 0 Å². The number of pyridine rings is 1. The number of hydrogen-bond acceptors (Lipinski definition) is 8. The summed E-state index contributed by atoms with van der Waals surface area (Å²) in [6.07, 6.45) is -1.95. The second-order valence-corrected chi connectivity index (χ2v) is 11.4. The molecule has 0 spiro atoms. The zero-order chi connectivity index (χ0) is 29.4. The van der Waals surface area contributed by atoms with E-state index in [1.165, 1.54) is 24.6 Å². The van der Waals surface area contributed by atoms with Gasteiger partial charge in [0.2, 0.25) is 5.03 Å². The number of hydrogen-bond donors (Lipinski definition) is 2. The van der Waals surface area contributed by atoms with Gasteiger partial charge in [0.05, 0.1) is 18.3 Å². The van der Waals surface area contributed by atoms with Crippen LogP contribution in [-0.4, -0.2) is 75.8 Å². The molecule has 0 amide bonds. The first-order valence-electron chi connectivity index (χ1n) is 12.1. The lowest BCUT2D eigenvalue weighted by atomic mass is 9.94. The summed E-state index contributed by atoms with van der Waals surface area (Å²) in [5.41, 5.74) is 1.33. The van der Waals surface area contributed by atoms with Gasteiger partial charge in [-0.25, -0.2) is 12.8 Å². The number of benzene rings is 1. The fraction of sp³-hybridized carbons (Fsp3) is 0.417. The van der Waals surface area contributed by atoms with Gasteiger partial charge in [-0.3, -0.25) is 9.69 Å². The average Bonchev–Trinajstić information content (AvgIpc) is 3.33. The molecule has 3 aromatic rings. The zero-order valence-corrected chi connectivity index (χ0v) is 22.7. The van der Waals surface area contributed by atoms with E-state index in [0.717, 1.165) is 27.8 Å². The second kappa shape index (κ2) is 11.1. The maximum atomic E-state index is 14.0. The minimum Gasteiger partial charge on any atom is -0.354 e. The minimum absolute atomic E-state index is 0.0386. The average molecular weight is 585 g/mol. The maximum Gasteiger partial charge on any atom is 0.390 e. The van der Waals surface area contributed by atoms with Gasteiger partial charge in [-0.2, -0.15) is 27.4 Å². The standard InChI is InChI=1S/C24H28F4N8O3S/c1-15-8-20(31-17-10-19(25)23(37)33(2)13-17)16(11-29)9-18(15)21-14-36(7-6-35(21)5-4-24(26,27)28)40(38,39)22-12-30-34(3)32-22/h8-13,21,29,31H,4-7,14H2,1-3H3. The lowest BCUT2D eigenvalue weighted by Gasteiger charge is -2.41. The van der Waals surface area contributed by atoms with E-state index in [9.17, 15) is 30.8 Å². The van der Waals surface area contributed by atoms with Gasteiger partial charge in [0.15, 0.2) is 5.82 Å². The third-order valence-corrected chi connectivity index (χ3v) is 8.42. The first-order chi connectivity index (χ1) is 18.7. The Balaban J connectivity index is 1.71. The van der Waals surface area contributed by atoms with E-state index in [0.29, 0.717) is 22.4 Å². The van der Waals surface area contributed by atoms with E-state index in [2.05, 4.69) is 15.5 Å². The molecule has 16 heteroatoms. The number of nitrogens with zero attached hydrogens (tertiary/aromatic N) is 6. The molecule has 0 saturated carbocycles. The Morgan fingerprint density at radius 1 is 1.20 bits per heavy atom. The van der Waals surface area contributed by atoms with E-state index >= 15 is 0 Å². The summed E-state index contributed by atoms with van der Waals surface area (Å²) in [4.78, 5) is 14.4. The number of piperazine rings is 1. The number of sulfonamides is 1. The summed E-state index contributed by atoms with van der Waals surface area (Å²) in [5.74, 6) is -0.968. The van der Waals surface area contributed by atoms with Gasteiger partial charge in [0.25, 0.3) is 15.6 Å². The first-order valence-corrected chi connectivity index (χ1v) is 13.6. The van der Waals surface area contributed by atoms with Crippen molar-refractivity contribution in [3.8, 4) is 0 Å². The number of alkyl halides is 3. The number of halogens is 4. The van der Waals surface area contributed by atoms with E-state index in [1.54, 1.807) is 24.0 Å². The largest absolute Gasteiger partial charge is 0.390 e. The van der Waals surface area contributed by atoms with Gasteiger partial charge in [-0.15, -0.1) is 5.10 Å². The van der Waals surface area contributed by atoms with Crippen LogP contribution in [-0.2, 0) is 24.1 Å². The maximum absolute atomic E-state index is 14.0. The molecular formula is C24H28F4N8O3S. The summed E-state index contributed by atoms with van der Waals surface area (Å²) in [6, 6.07) is 3.52. The molecule has 3 heterocycles. The van der Waals surface area contributed by atoms with Gasteiger partial charge in [-0.05, 0) is 30.2 Å². The second-order valence-electron chi connectivity index (χ2n) is 9.51. The Labute approximate surface area is 227 Å². The fourth-order valence-electron chi connectivity index (χ4n) is 4.65. The summed E-state index contributed by atoms with van der Waals surface area (Å²) in [6.45, 7) is 1.23. The van der Waals surface area contributed by atoms with Gasteiger partial charge in [0.1, 0.15) is 0 Å².